The maximum Gasteiger partial charge on any atom is 0.418 e. The number of anilines is 2. The van der Waals surface area contributed by atoms with Crippen LogP contribution < -0.4 is 19.8 Å². The fourth-order valence-corrected chi connectivity index (χ4v) is 8.92. The molecule has 0 radical (unpaired) electrons. The molecule has 14 heteroatoms. The molecular weight excluding hydrogens is 612 g/mol. The first-order valence-electron chi connectivity index (χ1n) is 12.5. The fraction of sp³-hybridized carbons (Fsp3) is 0.214. The van der Waals surface area contributed by atoms with Gasteiger partial charge in [-0.25, -0.2) is 4.90 Å². The van der Waals surface area contributed by atoms with Gasteiger partial charge in [0.15, 0.2) is 0 Å². The second-order valence-corrected chi connectivity index (χ2v) is 12.6. The Labute approximate surface area is 248 Å². The van der Waals surface area contributed by atoms with Crippen LogP contribution in [-0.2, 0) is 27.1 Å². The van der Waals surface area contributed by atoms with Crippen LogP contribution in [0.4, 0.5) is 24.5 Å². The molecule has 216 valence electrons. The van der Waals surface area contributed by atoms with Crippen LogP contribution in [0, 0.1) is 5.92 Å². The number of carbonyl (C=O) groups excluding carboxylic acids is 3. The number of ether oxygens (including phenoxy) is 1. The minimum Gasteiger partial charge on any atom is -0.497 e. The molecule has 0 spiro atoms. The molecule has 0 unspecified atom stereocenters. The summed E-state index contributed by atoms with van der Waals surface area (Å²) >= 11 is 3.13. The summed E-state index contributed by atoms with van der Waals surface area (Å²) in [7, 11) is 1.52. The zero-order valence-corrected chi connectivity index (χ0v) is 24.0. The van der Waals surface area contributed by atoms with Crippen molar-refractivity contribution in [3.8, 4) is 5.75 Å². The molecule has 4 heterocycles. The second-order valence-electron chi connectivity index (χ2n) is 9.48. The van der Waals surface area contributed by atoms with E-state index < -0.39 is 57.1 Å². The number of imide groups is 1. The summed E-state index contributed by atoms with van der Waals surface area (Å²) in [5, 5.41) is 3.76. The number of nitrogens with one attached hydrogen (secondary N) is 1. The summed E-state index contributed by atoms with van der Waals surface area (Å²) in [6, 6.07) is 14.6. The van der Waals surface area contributed by atoms with Crippen molar-refractivity contribution in [3.63, 3.8) is 0 Å². The van der Waals surface area contributed by atoms with Gasteiger partial charge in [0, 0.05) is 21.4 Å². The highest BCUT2D eigenvalue weighted by Crippen LogP contribution is 2.55. The largest absolute Gasteiger partial charge is 0.497 e. The lowest BCUT2D eigenvalue weighted by Crippen LogP contribution is -2.33. The molecule has 2 aliphatic rings. The van der Waals surface area contributed by atoms with Crippen molar-refractivity contribution in [1.29, 1.82) is 0 Å². The quantitative estimate of drug-likeness (QED) is 0.285. The fourth-order valence-electron chi connectivity index (χ4n) is 5.19. The van der Waals surface area contributed by atoms with Crippen LogP contribution in [0.15, 0.2) is 75.9 Å². The molecule has 1 saturated heterocycles. The van der Waals surface area contributed by atoms with Gasteiger partial charge in [0.1, 0.15) is 17.5 Å². The minimum atomic E-state index is -4.79. The lowest BCUT2D eigenvalue weighted by atomic mass is 9.87. The average molecular weight is 632 g/mol. The highest BCUT2D eigenvalue weighted by Gasteiger charge is 2.58. The van der Waals surface area contributed by atoms with Crippen LogP contribution in [0.25, 0.3) is 0 Å². The molecule has 0 bridgehead atoms. The van der Waals surface area contributed by atoms with Crippen LogP contribution in [-0.4, -0.2) is 34.6 Å². The zero-order chi connectivity index (χ0) is 29.8. The third kappa shape index (κ3) is 4.82. The Morgan fingerprint density at radius 2 is 1.74 bits per heavy atom. The number of carbonyl (C=O) groups is 3. The van der Waals surface area contributed by atoms with Crippen molar-refractivity contribution in [2.75, 3.05) is 17.3 Å². The molecule has 2 aromatic heterocycles. The number of rotatable bonds is 6. The van der Waals surface area contributed by atoms with E-state index in [2.05, 4.69) is 5.32 Å². The minimum absolute atomic E-state index is 0.349. The van der Waals surface area contributed by atoms with Crippen LogP contribution in [0.2, 0.25) is 0 Å². The number of aromatic nitrogens is 1. The summed E-state index contributed by atoms with van der Waals surface area (Å²) in [6.45, 7) is -0.360. The third-order valence-corrected chi connectivity index (χ3v) is 10.6. The summed E-state index contributed by atoms with van der Waals surface area (Å²) in [4.78, 5) is 55.1. The number of amides is 3. The van der Waals surface area contributed by atoms with Gasteiger partial charge in [-0.05, 0) is 47.8 Å². The summed E-state index contributed by atoms with van der Waals surface area (Å²) in [5.41, 5.74) is -1.14. The van der Waals surface area contributed by atoms with E-state index in [1.807, 2.05) is 0 Å². The predicted octanol–water partition coefficient (Wildman–Crippen LogP) is 5.43. The van der Waals surface area contributed by atoms with Gasteiger partial charge in [-0.3, -0.25) is 23.7 Å². The van der Waals surface area contributed by atoms with E-state index in [1.54, 1.807) is 41.8 Å². The third-order valence-electron chi connectivity index (χ3n) is 7.02. The summed E-state index contributed by atoms with van der Waals surface area (Å²) < 4.78 is 48.0. The first-order chi connectivity index (χ1) is 20.1. The van der Waals surface area contributed by atoms with Crippen LogP contribution >= 0.6 is 34.4 Å². The van der Waals surface area contributed by atoms with Gasteiger partial charge in [0.2, 0.25) is 17.7 Å². The number of para-hydroxylation sites is 1. The SMILES string of the molecule is COc1ccc(NC(=O)Cn2c3c(sc2=O)[C@@H](c2cccs2)[C@@H]2C(=O)N(c4ccccc4C(F)(F)F)C(=O)[C@@H]2S3)cc1. The molecule has 6 rings (SSSR count). The standard InChI is InChI=1S/C28H20F3N3O5S3/c1-39-15-10-8-14(9-11-15)32-19(35)13-33-26-23(42-27(33)38)20(18-7-4-12-40-18)21-22(41-26)25(37)34(24(21)36)17-6-3-2-5-16(17)28(29,30)31/h2-12,20-22H,13H2,1H3,(H,32,35)/t20-,21-,22+/m0/s1. The molecule has 0 saturated carbocycles. The lowest BCUT2D eigenvalue weighted by Gasteiger charge is -2.29. The Kier molecular flexibility index (Phi) is 7.23. The van der Waals surface area contributed by atoms with E-state index in [0.717, 1.165) is 35.2 Å². The number of methoxy groups -OCH3 is 1. The van der Waals surface area contributed by atoms with Crippen LogP contribution in [0.1, 0.15) is 21.2 Å². The second kappa shape index (κ2) is 10.7. The van der Waals surface area contributed by atoms with Gasteiger partial charge in [0.25, 0.3) is 0 Å². The number of hydrogen-bond donors (Lipinski definition) is 1. The van der Waals surface area contributed by atoms with Crippen LogP contribution in [0.3, 0.4) is 0 Å². The van der Waals surface area contributed by atoms with Crippen LogP contribution in [0.5, 0.6) is 5.75 Å². The Bertz CT molecular complexity index is 1750. The zero-order valence-electron chi connectivity index (χ0n) is 21.6. The first kappa shape index (κ1) is 28.2. The van der Waals surface area contributed by atoms with Crippen molar-refractivity contribution in [2.24, 2.45) is 5.92 Å². The maximum atomic E-state index is 13.9. The number of fused-ring (bicyclic) bond motifs is 2. The number of thiophene rings is 1. The smallest absolute Gasteiger partial charge is 0.418 e. The number of nitrogens with zero attached hydrogens (tertiary/aromatic N) is 2. The maximum absolute atomic E-state index is 13.9. The Balaban J connectivity index is 1.38. The monoisotopic (exact) mass is 631 g/mol. The molecule has 8 nitrogen and oxygen atoms in total. The highest BCUT2D eigenvalue weighted by molar-refractivity contribution is 8.00. The highest BCUT2D eigenvalue weighted by atomic mass is 32.2. The van der Waals surface area contributed by atoms with Gasteiger partial charge in [0.05, 0.1) is 29.3 Å². The number of halogens is 3. The van der Waals surface area contributed by atoms with E-state index in [0.29, 0.717) is 31.1 Å². The summed E-state index contributed by atoms with van der Waals surface area (Å²) in [6.07, 6.45) is -4.79. The molecule has 4 aromatic rings. The molecule has 42 heavy (non-hydrogen) atoms. The molecule has 0 aliphatic carbocycles. The lowest BCUT2D eigenvalue weighted by molar-refractivity contribution is -0.137. The molecule has 1 N–H and O–H groups in total. The Hall–Kier alpha value is -3.88. The molecule has 2 aromatic carbocycles. The predicted molar refractivity (Wildman–Crippen MR) is 153 cm³/mol. The average Bonchev–Trinajstić information content (AvgIpc) is 3.66. The number of thiazole rings is 1. The van der Waals surface area contributed by atoms with Gasteiger partial charge in [-0.2, -0.15) is 13.2 Å². The van der Waals surface area contributed by atoms with E-state index in [1.165, 1.54) is 35.1 Å². The number of benzene rings is 2. The molecule has 3 atom stereocenters. The van der Waals surface area contributed by atoms with Crippen molar-refractivity contribution in [1.82, 2.24) is 4.57 Å². The van der Waals surface area contributed by atoms with E-state index in [4.69, 9.17) is 4.74 Å². The van der Waals surface area contributed by atoms with E-state index in [-0.39, 0.29) is 6.54 Å². The van der Waals surface area contributed by atoms with E-state index in [9.17, 15) is 32.3 Å². The first-order valence-corrected chi connectivity index (χ1v) is 15.1. The van der Waals surface area contributed by atoms with Crippen molar-refractivity contribution < 1.29 is 32.3 Å². The summed E-state index contributed by atoms with van der Waals surface area (Å²) in [5.74, 6) is -3.23. The molecule has 1 fully saturated rings. The Morgan fingerprint density at radius 3 is 2.40 bits per heavy atom. The number of alkyl halides is 3. The van der Waals surface area contributed by atoms with Gasteiger partial charge in [-0.1, -0.05) is 41.3 Å². The topological polar surface area (TPSA) is 97.7 Å². The van der Waals surface area contributed by atoms with Gasteiger partial charge >= 0.3 is 11.0 Å². The molecule has 3 amide bonds. The van der Waals surface area contributed by atoms with Crippen molar-refractivity contribution >= 4 is 63.5 Å². The Morgan fingerprint density at radius 1 is 1.00 bits per heavy atom. The van der Waals surface area contributed by atoms with E-state index >= 15 is 0 Å². The van der Waals surface area contributed by atoms with Gasteiger partial charge in [-0.15, -0.1) is 11.3 Å². The number of thioether (sulfide) groups is 1. The molecule has 2 aliphatic heterocycles. The van der Waals surface area contributed by atoms with Crippen molar-refractivity contribution in [2.45, 2.75) is 28.9 Å². The normalized spacial score (nSPS) is 19.9. The molecular formula is C28H20F3N3O5S3. The van der Waals surface area contributed by atoms with Crippen molar-refractivity contribution in [3.05, 3.63) is 91.0 Å². The van der Waals surface area contributed by atoms with Gasteiger partial charge < -0.3 is 10.1 Å². The number of hydrogen-bond acceptors (Lipinski definition) is 8.